The molecule has 7 nitrogen and oxygen atoms in total. The number of phenols is 1. The summed E-state index contributed by atoms with van der Waals surface area (Å²) in [6, 6.07) is 6.15. The molecule has 1 aromatic rings. The van der Waals surface area contributed by atoms with Crippen molar-refractivity contribution in [2.75, 3.05) is 7.11 Å². The highest BCUT2D eigenvalue weighted by atomic mass is 16.5. The highest BCUT2D eigenvalue weighted by molar-refractivity contribution is 5.94. The third kappa shape index (κ3) is 4.38. The zero-order chi connectivity index (χ0) is 18.5. The van der Waals surface area contributed by atoms with Crippen molar-refractivity contribution in [2.45, 2.75) is 39.3 Å². The number of hydrogen-bond donors (Lipinski definition) is 2. The quantitative estimate of drug-likeness (QED) is 0.770. The summed E-state index contributed by atoms with van der Waals surface area (Å²) in [6.07, 6.45) is -1.12. The Labute approximate surface area is 141 Å². The summed E-state index contributed by atoms with van der Waals surface area (Å²) >= 11 is 0. The number of hydrogen-bond acceptors (Lipinski definition) is 6. The first kappa shape index (κ1) is 19.3. The molecule has 0 aromatic heterocycles. The van der Waals surface area contributed by atoms with E-state index in [1.807, 2.05) is 6.07 Å². The second-order valence-corrected chi connectivity index (χ2v) is 5.89. The van der Waals surface area contributed by atoms with Gasteiger partial charge in [0.1, 0.15) is 22.6 Å². The fraction of sp³-hybridized carbons (Fsp3) is 0.471. The van der Waals surface area contributed by atoms with E-state index >= 15 is 0 Å². The van der Waals surface area contributed by atoms with E-state index in [4.69, 9.17) is 9.47 Å². The number of carbonyl (C=O) groups excluding carboxylic acids is 2. The van der Waals surface area contributed by atoms with Crippen LogP contribution < -0.4 is 10.1 Å². The van der Waals surface area contributed by atoms with Gasteiger partial charge in [-0.05, 0) is 31.9 Å². The zero-order valence-electron chi connectivity index (χ0n) is 14.4. The van der Waals surface area contributed by atoms with E-state index < -0.39 is 23.5 Å². The summed E-state index contributed by atoms with van der Waals surface area (Å²) in [5.41, 5.74) is -1.15. The SMILES string of the molecule is COc1ccc(C(=O)OC(C)C(=O)NC(C)(C#N)C(C)C)c(O)c1. The van der Waals surface area contributed by atoms with Gasteiger partial charge in [-0.3, -0.25) is 4.79 Å². The van der Waals surface area contributed by atoms with Gasteiger partial charge in [-0.15, -0.1) is 0 Å². The van der Waals surface area contributed by atoms with Crippen molar-refractivity contribution in [3.63, 3.8) is 0 Å². The van der Waals surface area contributed by atoms with Gasteiger partial charge in [0.15, 0.2) is 6.10 Å². The van der Waals surface area contributed by atoms with Crippen molar-refractivity contribution >= 4 is 11.9 Å². The van der Waals surface area contributed by atoms with E-state index in [9.17, 15) is 20.0 Å². The normalized spacial score (nSPS) is 14.2. The van der Waals surface area contributed by atoms with E-state index in [0.29, 0.717) is 5.75 Å². The average molecular weight is 334 g/mol. The lowest BCUT2D eigenvalue weighted by Crippen LogP contribution is -2.52. The molecule has 1 aromatic carbocycles. The van der Waals surface area contributed by atoms with Gasteiger partial charge in [-0.2, -0.15) is 5.26 Å². The fourth-order valence-electron chi connectivity index (χ4n) is 1.75. The Kier molecular flexibility index (Phi) is 6.18. The molecule has 1 amide bonds. The molecule has 0 fully saturated rings. The molecule has 0 spiro atoms. The number of amides is 1. The van der Waals surface area contributed by atoms with Crippen LogP contribution in [-0.4, -0.2) is 35.7 Å². The molecule has 2 N–H and O–H groups in total. The topological polar surface area (TPSA) is 109 Å². The van der Waals surface area contributed by atoms with Crippen LogP contribution in [0.25, 0.3) is 0 Å². The number of phenolic OH excluding ortho intramolecular Hbond substituents is 1. The van der Waals surface area contributed by atoms with E-state index in [1.165, 1.54) is 32.2 Å². The van der Waals surface area contributed by atoms with Crippen LogP contribution in [0.4, 0.5) is 0 Å². The molecule has 130 valence electrons. The van der Waals surface area contributed by atoms with Gasteiger partial charge >= 0.3 is 5.97 Å². The molecule has 0 bridgehead atoms. The second-order valence-electron chi connectivity index (χ2n) is 5.89. The largest absolute Gasteiger partial charge is 0.507 e. The summed E-state index contributed by atoms with van der Waals surface area (Å²) in [6.45, 7) is 6.59. The minimum absolute atomic E-state index is 0.0812. The number of aromatic hydroxyl groups is 1. The van der Waals surface area contributed by atoms with E-state index in [0.717, 1.165) is 0 Å². The predicted molar refractivity (Wildman–Crippen MR) is 86.5 cm³/mol. The van der Waals surface area contributed by atoms with Crippen LogP contribution in [0.5, 0.6) is 11.5 Å². The lowest BCUT2D eigenvalue weighted by Gasteiger charge is -2.28. The molecule has 0 saturated carbocycles. The van der Waals surface area contributed by atoms with Crippen molar-refractivity contribution in [2.24, 2.45) is 5.92 Å². The minimum Gasteiger partial charge on any atom is -0.507 e. The lowest BCUT2D eigenvalue weighted by molar-refractivity contribution is -0.130. The number of nitriles is 1. The maximum absolute atomic E-state index is 12.2. The Bertz CT molecular complexity index is 665. The maximum atomic E-state index is 12.2. The van der Waals surface area contributed by atoms with Crippen molar-refractivity contribution in [1.82, 2.24) is 5.32 Å². The van der Waals surface area contributed by atoms with Crippen LogP contribution >= 0.6 is 0 Å². The molecule has 7 heteroatoms. The zero-order valence-corrected chi connectivity index (χ0v) is 14.4. The number of ether oxygens (including phenoxy) is 2. The van der Waals surface area contributed by atoms with Crippen LogP contribution in [0.2, 0.25) is 0 Å². The van der Waals surface area contributed by atoms with Gasteiger partial charge in [-0.25, -0.2) is 4.79 Å². The van der Waals surface area contributed by atoms with E-state index in [-0.39, 0.29) is 17.2 Å². The second kappa shape index (κ2) is 7.68. The van der Waals surface area contributed by atoms with Crippen molar-refractivity contribution < 1.29 is 24.2 Å². The first-order valence-corrected chi connectivity index (χ1v) is 7.46. The third-order valence-corrected chi connectivity index (χ3v) is 3.85. The van der Waals surface area contributed by atoms with Crippen molar-refractivity contribution in [3.05, 3.63) is 23.8 Å². The van der Waals surface area contributed by atoms with Crippen LogP contribution in [0.15, 0.2) is 18.2 Å². The summed E-state index contributed by atoms with van der Waals surface area (Å²) in [4.78, 5) is 24.2. The number of benzene rings is 1. The molecule has 0 saturated heterocycles. The first-order valence-electron chi connectivity index (χ1n) is 7.46. The molecule has 1 rings (SSSR count). The maximum Gasteiger partial charge on any atom is 0.342 e. The van der Waals surface area contributed by atoms with E-state index in [2.05, 4.69) is 5.32 Å². The van der Waals surface area contributed by atoms with Gasteiger partial charge in [0.25, 0.3) is 5.91 Å². The average Bonchev–Trinajstić information content (AvgIpc) is 2.53. The molecule has 2 unspecified atom stereocenters. The van der Waals surface area contributed by atoms with Crippen LogP contribution in [0, 0.1) is 17.2 Å². The summed E-state index contributed by atoms with van der Waals surface area (Å²) < 4.78 is 9.99. The number of rotatable bonds is 6. The molecular formula is C17H22N2O5. The van der Waals surface area contributed by atoms with Gasteiger partial charge in [0.05, 0.1) is 13.2 Å². The summed E-state index contributed by atoms with van der Waals surface area (Å²) in [7, 11) is 1.43. The Morgan fingerprint density at radius 3 is 2.42 bits per heavy atom. The number of carbonyl (C=O) groups is 2. The summed E-state index contributed by atoms with van der Waals surface area (Å²) in [5, 5.41) is 21.6. The first-order chi connectivity index (χ1) is 11.1. The molecule has 0 aliphatic heterocycles. The van der Waals surface area contributed by atoms with Gasteiger partial charge in [0.2, 0.25) is 0 Å². The molecule has 0 heterocycles. The van der Waals surface area contributed by atoms with Crippen molar-refractivity contribution in [1.29, 1.82) is 5.26 Å². The van der Waals surface area contributed by atoms with E-state index in [1.54, 1.807) is 20.8 Å². The predicted octanol–water partition coefficient (Wildman–Crippen LogP) is 2.00. The summed E-state index contributed by atoms with van der Waals surface area (Å²) in [5.74, 6) is -1.48. The molecule has 24 heavy (non-hydrogen) atoms. The number of esters is 1. The minimum atomic E-state index is -1.12. The Hall–Kier alpha value is -2.75. The standard InChI is InChI=1S/C17H22N2O5/c1-10(2)17(4,9-18)19-15(21)11(3)24-16(22)13-7-6-12(23-5)8-14(13)20/h6-8,10-11,20H,1-5H3,(H,19,21). The number of nitrogens with one attached hydrogen (secondary N) is 1. The smallest absolute Gasteiger partial charge is 0.342 e. The fourth-order valence-corrected chi connectivity index (χ4v) is 1.75. The van der Waals surface area contributed by atoms with Crippen LogP contribution in [-0.2, 0) is 9.53 Å². The highest BCUT2D eigenvalue weighted by Crippen LogP contribution is 2.24. The number of methoxy groups -OCH3 is 1. The van der Waals surface area contributed by atoms with Gasteiger partial charge < -0.3 is 19.9 Å². The Morgan fingerprint density at radius 2 is 1.96 bits per heavy atom. The molecular weight excluding hydrogens is 312 g/mol. The molecule has 2 atom stereocenters. The molecule has 0 radical (unpaired) electrons. The molecule has 0 aliphatic carbocycles. The highest BCUT2D eigenvalue weighted by Gasteiger charge is 2.32. The lowest BCUT2D eigenvalue weighted by atomic mass is 9.90. The van der Waals surface area contributed by atoms with Crippen LogP contribution in [0.3, 0.4) is 0 Å². The Morgan fingerprint density at radius 1 is 1.33 bits per heavy atom. The van der Waals surface area contributed by atoms with Crippen molar-refractivity contribution in [3.8, 4) is 17.6 Å². The third-order valence-electron chi connectivity index (χ3n) is 3.85. The monoisotopic (exact) mass is 334 g/mol. The number of nitrogens with zero attached hydrogens (tertiary/aromatic N) is 1. The van der Waals surface area contributed by atoms with Gasteiger partial charge in [-0.1, -0.05) is 13.8 Å². The molecule has 0 aliphatic rings. The van der Waals surface area contributed by atoms with Crippen LogP contribution in [0.1, 0.15) is 38.1 Å². The van der Waals surface area contributed by atoms with Gasteiger partial charge in [0, 0.05) is 6.07 Å². The Balaban J connectivity index is 2.80.